The van der Waals surface area contributed by atoms with Crippen molar-refractivity contribution in [3.8, 4) is 0 Å². The van der Waals surface area contributed by atoms with E-state index >= 15 is 0 Å². The van der Waals surface area contributed by atoms with E-state index in [2.05, 4.69) is 39.9 Å². The van der Waals surface area contributed by atoms with Crippen molar-refractivity contribution in [2.24, 2.45) is 5.92 Å². The molecule has 0 aromatic rings. The molecule has 2 unspecified atom stereocenters. The minimum Gasteiger partial charge on any atom is -0.310 e. The predicted molar refractivity (Wildman–Crippen MR) is 64.5 cm³/mol. The highest BCUT2D eigenvalue weighted by atomic mass is 32.2. The summed E-state index contributed by atoms with van der Waals surface area (Å²) in [6, 6.07) is 1.34. The molecule has 0 aliphatic rings. The minimum atomic E-state index is 0.650. The molecule has 2 atom stereocenters. The molecule has 0 fully saturated rings. The summed E-state index contributed by atoms with van der Waals surface area (Å²) >= 11 is 2.02. The SMILES string of the molecule is CCSCC(C)NC(CC)C(C)C. The molecule has 0 saturated carbocycles. The van der Waals surface area contributed by atoms with E-state index < -0.39 is 0 Å². The van der Waals surface area contributed by atoms with Crippen molar-refractivity contribution in [3.05, 3.63) is 0 Å². The molecule has 0 aromatic heterocycles. The van der Waals surface area contributed by atoms with Crippen molar-refractivity contribution in [2.45, 2.75) is 53.1 Å². The topological polar surface area (TPSA) is 12.0 Å². The van der Waals surface area contributed by atoms with Gasteiger partial charge in [0.05, 0.1) is 0 Å². The maximum absolute atomic E-state index is 3.68. The van der Waals surface area contributed by atoms with Gasteiger partial charge in [0.15, 0.2) is 0 Å². The maximum Gasteiger partial charge on any atom is 0.0132 e. The molecule has 0 radical (unpaired) electrons. The normalized spacial score (nSPS) is 16.2. The Balaban J connectivity index is 3.66. The van der Waals surface area contributed by atoms with E-state index in [-0.39, 0.29) is 0 Å². The van der Waals surface area contributed by atoms with Gasteiger partial charge >= 0.3 is 0 Å². The van der Waals surface area contributed by atoms with Gasteiger partial charge in [0.25, 0.3) is 0 Å². The van der Waals surface area contributed by atoms with Gasteiger partial charge in [-0.05, 0) is 25.0 Å². The monoisotopic (exact) mass is 203 g/mol. The molecule has 0 aliphatic heterocycles. The zero-order valence-corrected chi connectivity index (χ0v) is 10.6. The molecule has 0 saturated heterocycles. The van der Waals surface area contributed by atoms with Gasteiger partial charge in [-0.3, -0.25) is 0 Å². The lowest BCUT2D eigenvalue weighted by Crippen LogP contribution is -2.40. The van der Waals surface area contributed by atoms with Gasteiger partial charge in [0.1, 0.15) is 0 Å². The second kappa shape index (κ2) is 7.69. The first-order valence-corrected chi connectivity index (χ1v) is 6.61. The molecule has 0 spiro atoms. The van der Waals surface area contributed by atoms with Gasteiger partial charge in [-0.25, -0.2) is 0 Å². The zero-order chi connectivity index (χ0) is 10.3. The van der Waals surface area contributed by atoms with Crippen LogP contribution in [0.3, 0.4) is 0 Å². The van der Waals surface area contributed by atoms with Crippen molar-refractivity contribution in [1.29, 1.82) is 0 Å². The summed E-state index contributed by atoms with van der Waals surface area (Å²) in [6.07, 6.45) is 1.23. The molecule has 80 valence electrons. The summed E-state index contributed by atoms with van der Waals surface area (Å²) < 4.78 is 0. The van der Waals surface area contributed by atoms with E-state index in [1.807, 2.05) is 11.8 Å². The lowest BCUT2D eigenvalue weighted by Gasteiger charge is -2.25. The van der Waals surface area contributed by atoms with Crippen LogP contribution < -0.4 is 5.32 Å². The van der Waals surface area contributed by atoms with E-state index in [9.17, 15) is 0 Å². The Morgan fingerprint density at radius 1 is 1.15 bits per heavy atom. The van der Waals surface area contributed by atoms with Crippen molar-refractivity contribution >= 4 is 11.8 Å². The maximum atomic E-state index is 3.68. The second-order valence-corrected chi connectivity index (χ2v) is 5.30. The molecule has 2 heteroatoms. The fraction of sp³-hybridized carbons (Fsp3) is 1.00. The molecular weight excluding hydrogens is 178 g/mol. The van der Waals surface area contributed by atoms with Gasteiger partial charge in [-0.2, -0.15) is 11.8 Å². The molecular formula is C11H25NS. The van der Waals surface area contributed by atoms with Crippen LogP contribution in [0.4, 0.5) is 0 Å². The lowest BCUT2D eigenvalue weighted by molar-refractivity contribution is 0.364. The number of thioether (sulfide) groups is 1. The molecule has 0 amide bonds. The summed E-state index contributed by atoms with van der Waals surface area (Å²) in [5, 5.41) is 3.68. The molecule has 1 nitrogen and oxygen atoms in total. The highest BCUT2D eigenvalue weighted by Crippen LogP contribution is 2.08. The largest absolute Gasteiger partial charge is 0.310 e. The van der Waals surface area contributed by atoms with Gasteiger partial charge in [-0.15, -0.1) is 0 Å². The molecule has 0 aromatic carbocycles. The highest BCUT2D eigenvalue weighted by molar-refractivity contribution is 7.99. The van der Waals surface area contributed by atoms with Crippen LogP contribution in [0.15, 0.2) is 0 Å². The molecule has 0 rings (SSSR count). The smallest absolute Gasteiger partial charge is 0.0132 e. The van der Waals surface area contributed by atoms with Crippen LogP contribution in [0.1, 0.15) is 41.0 Å². The van der Waals surface area contributed by atoms with Crippen molar-refractivity contribution in [2.75, 3.05) is 11.5 Å². The molecule has 0 aliphatic carbocycles. The number of hydrogen-bond acceptors (Lipinski definition) is 2. The Kier molecular flexibility index (Phi) is 7.87. The van der Waals surface area contributed by atoms with Gasteiger partial charge in [0, 0.05) is 17.8 Å². The summed E-state index contributed by atoms with van der Waals surface area (Å²) in [4.78, 5) is 0. The van der Waals surface area contributed by atoms with Crippen molar-refractivity contribution in [1.82, 2.24) is 5.32 Å². The molecule has 13 heavy (non-hydrogen) atoms. The van der Waals surface area contributed by atoms with E-state index in [0.717, 1.165) is 5.92 Å². The standard InChI is InChI=1S/C11H25NS/c1-6-11(9(3)4)12-10(5)8-13-7-2/h9-12H,6-8H2,1-5H3. The van der Waals surface area contributed by atoms with E-state index in [0.29, 0.717) is 12.1 Å². The third-order valence-corrected chi connectivity index (χ3v) is 3.46. The highest BCUT2D eigenvalue weighted by Gasteiger charge is 2.12. The van der Waals surface area contributed by atoms with E-state index in [1.54, 1.807) is 0 Å². The summed E-state index contributed by atoms with van der Waals surface area (Å²) in [5.41, 5.74) is 0. The van der Waals surface area contributed by atoms with Crippen molar-refractivity contribution in [3.63, 3.8) is 0 Å². The van der Waals surface area contributed by atoms with E-state index in [1.165, 1.54) is 17.9 Å². The molecule has 0 heterocycles. The van der Waals surface area contributed by atoms with Gasteiger partial charge < -0.3 is 5.32 Å². The summed E-state index contributed by atoms with van der Waals surface area (Å²) in [6.45, 7) is 11.4. The Bertz CT molecular complexity index is 115. The number of hydrogen-bond donors (Lipinski definition) is 1. The van der Waals surface area contributed by atoms with Crippen LogP contribution in [0, 0.1) is 5.92 Å². The first-order chi connectivity index (χ1) is 6.11. The average Bonchev–Trinajstić information content (AvgIpc) is 2.10. The Hall–Kier alpha value is 0.310. The van der Waals surface area contributed by atoms with Crippen LogP contribution in [0.2, 0.25) is 0 Å². The zero-order valence-electron chi connectivity index (χ0n) is 9.76. The Morgan fingerprint density at radius 2 is 1.77 bits per heavy atom. The van der Waals surface area contributed by atoms with Crippen LogP contribution in [0.25, 0.3) is 0 Å². The third-order valence-electron chi connectivity index (χ3n) is 2.32. The van der Waals surface area contributed by atoms with Gasteiger partial charge in [-0.1, -0.05) is 27.7 Å². The number of rotatable bonds is 7. The van der Waals surface area contributed by atoms with E-state index in [4.69, 9.17) is 0 Å². The lowest BCUT2D eigenvalue weighted by atomic mass is 10.0. The predicted octanol–water partition coefficient (Wildman–Crippen LogP) is 3.15. The minimum absolute atomic E-state index is 0.650. The van der Waals surface area contributed by atoms with Crippen LogP contribution >= 0.6 is 11.8 Å². The first kappa shape index (κ1) is 13.3. The summed E-state index contributed by atoms with van der Waals surface area (Å²) in [7, 11) is 0. The Labute approximate surface area is 88.1 Å². The first-order valence-electron chi connectivity index (χ1n) is 5.45. The van der Waals surface area contributed by atoms with Crippen LogP contribution in [-0.2, 0) is 0 Å². The van der Waals surface area contributed by atoms with Gasteiger partial charge in [0.2, 0.25) is 0 Å². The van der Waals surface area contributed by atoms with Crippen LogP contribution in [0.5, 0.6) is 0 Å². The summed E-state index contributed by atoms with van der Waals surface area (Å²) in [5.74, 6) is 3.21. The second-order valence-electron chi connectivity index (χ2n) is 3.99. The fourth-order valence-corrected chi connectivity index (χ4v) is 2.18. The Morgan fingerprint density at radius 3 is 2.15 bits per heavy atom. The molecule has 1 N–H and O–H groups in total. The fourth-order valence-electron chi connectivity index (χ4n) is 1.49. The van der Waals surface area contributed by atoms with Crippen LogP contribution in [-0.4, -0.2) is 23.6 Å². The van der Waals surface area contributed by atoms with Crippen molar-refractivity contribution < 1.29 is 0 Å². The number of nitrogens with one attached hydrogen (secondary N) is 1. The third kappa shape index (κ3) is 6.39. The quantitative estimate of drug-likeness (QED) is 0.682. The molecule has 0 bridgehead atoms. The average molecular weight is 203 g/mol.